The van der Waals surface area contributed by atoms with Gasteiger partial charge in [0, 0.05) is 20.5 Å². The first kappa shape index (κ1) is 13.1. The topological polar surface area (TPSA) is 37.3 Å². The Morgan fingerprint density at radius 1 is 1.28 bits per heavy atom. The lowest BCUT2D eigenvalue weighted by Crippen LogP contribution is -2.00. The van der Waals surface area contributed by atoms with Crippen molar-refractivity contribution in [1.82, 2.24) is 0 Å². The second kappa shape index (κ2) is 5.57. The molecule has 18 heavy (non-hydrogen) atoms. The number of benzene rings is 1. The van der Waals surface area contributed by atoms with E-state index in [9.17, 15) is 9.90 Å². The Labute approximate surface area is 118 Å². The molecule has 2 rings (SSSR count). The molecule has 0 unspecified atom stereocenters. The summed E-state index contributed by atoms with van der Waals surface area (Å²) in [4.78, 5) is 12.2. The van der Waals surface area contributed by atoms with Crippen molar-refractivity contribution in [2.75, 3.05) is 0 Å². The quantitative estimate of drug-likeness (QED) is 0.835. The Morgan fingerprint density at radius 3 is 2.67 bits per heavy atom. The lowest BCUT2D eigenvalue weighted by Gasteiger charge is -2.05. The van der Waals surface area contributed by atoms with Crippen molar-refractivity contribution >= 4 is 52.2 Å². The molecule has 2 aromatic rings. The largest absolute Gasteiger partial charge is 0.478 e. The number of carboxylic acids is 1. The minimum absolute atomic E-state index is 0.130. The van der Waals surface area contributed by atoms with Gasteiger partial charge in [-0.25, -0.2) is 4.79 Å². The van der Waals surface area contributed by atoms with Crippen molar-refractivity contribution in [3.8, 4) is 0 Å². The van der Waals surface area contributed by atoms with Crippen molar-refractivity contribution in [3.63, 3.8) is 0 Å². The molecule has 0 aliphatic rings. The van der Waals surface area contributed by atoms with Crippen LogP contribution >= 0.6 is 34.5 Å². The molecule has 92 valence electrons. The summed E-state index contributed by atoms with van der Waals surface area (Å²) in [6, 6.07) is 8.46. The molecule has 0 atom stereocenters. The maximum absolute atomic E-state index is 11.3. The molecule has 0 fully saturated rings. The lowest BCUT2D eigenvalue weighted by molar-refractivity contribution is -0.130. The number of rotatable bonds is 3. The number of carbonyl (C=O) groups is 1. The van der Waals surface area contributed by atoms with Gasteiger partial charge in [0.25, 0.3) is 0 Å². The summed E-state index contributed by atoms with van der Waals surface area (Å²) < 4.78 is 0. The Morgan fingerprint density at radius 2 is 2.06 bits per heavy atom. The molecule has 1 N–H and O–H groups in total. The molecule has 5 heteroatoms. The fraction of sp³-hybridized carbons (Fsp3) is 0. The first-order chi connectivity index (χ1) is 8.58. The Balaban J connectivity index is 2.55. The van der Waals surface area contributed by atoms with Crippen LogP contribution in [0.15, 0.2) is 35.7 Å². The highest BCUT2D eigenvalue weighted by atomic mass is 35.5. The third kappa shape index (κ3) is 2.93. The Hall–Kier alpha value is -1.29. The van der Waals surface area contributed by atoms with Crippen LogP contribution in [-0.2, 0) is 4.79 Å². The number of thiophene rings is 1. The van der Waals surface area contributed by atoms with Crippen molar-refractivity contribution < 1.29 is 9.90 Å². The minimum atomic E-state index is -1.03. The Kier molecular flexibility index (Phi) is 4.07. The molecule has 1 aromatic carbocycles. The van der Waals surface area contributed by atoms with E-state index in [0.29, 0.717) is 15.6 Å². The van der Waals surface area contributed by atoms with Crippen LogP contribution in [0.25, 0.3) is 11.6 Å². The number of aliphatic carboxylic acids is 1. The van der Waals surface area contributed by atoms with E-state index >= 15 is 0 Å². The highest BCUT2D eigenvalue weighted by Gasteiger charge is 2.14. The van der Waals surface area contributed by atoms with Gasteiger partial charge in [0.1, 0.15) is 0 Å². The summed E-state index contributed by atoms with van der Waals surface area (Å²) >= 11 is 13.3. The fourth-order valence-electron chi connectivity index (χ4n) is 1.47. The predicted molar refractivity (Wildman–Crippen MR) is 76.3 cm³/mol. The molecule has 0 amide bonds. The van der Waals surface area contributed by atoms with Crippen molar-refractivity contribution in [2.24, 2.45) is 0 Å². The van der Waals surface area contributed by atoms with E-state index in [1.54, 1.807) is 24.3 Å². The van der Waals surface area contributed by atoms with Crippen molar-refractivity contribution in [1.29, 1.82) is 0 Å². The monoisotopic (exact) mass is 298 g/mol. The smallest absolute Gasteiger partial charge is 0.336 e. The number of hydrogen-bond acceptors (Lipinski definition) is 2. The highest BCUT2D eigenvalue weighted by Crippen LogP contribution is 2.29. The lowest BCUT2D eigenvalue weighted by atomic mass is 10.1. The van der Waals surface area contributed by atoms with Crippen molar-refractivity contribution in [2.45, 2.75) is 0 Å². The van der Waals surface area contributed by atoms with Crippen LogP contribution in [-0.4, -0.2) is 11.1 Å². The van der Waals surface area contributed by atoms with Gasteiger partial charge in [0.05, 0.1) is 5.57 Å². The van der Waals surface area contributed by atoms with Gasteiger partial charge in [-0.2, -0.15) is 0 Å². The van der Waals surface area contributed by atoms with Gasteiger partial charge in [-0.1, -0.05) is 29.3 Å². The van der Waals surface area contributed by atoms with Crippen LogP contribution in [0, 0.1) is 0 Å². The second-order valence-electron chi connectivity index (χ2n) is 3.50. The molecule has 0 radical (unpaired) electrons. The Bertz CT molecular complexity index is 603. The van der Waals surface area contributed by atoms with Crippen molar-refractivity contribution in [3.05, 3.63) is 56.2 Å². The van der Waals surface area contributed by atoms with Gasteiger partial charge >= 0.3 is 5.97 Å². The zero-order valence-corrected chi connectivity index (χ0v) is 11.4. The first-order valence-corrected chi connectivity index (χ1v) is 6.65. The molecule has 0 saturated heterocycles. The van der Waals surface area contributed by atoms with E-state index in [2.05, 4.69) is 0 Å². The highest BCUT2D eigenvalue weighted by molar-refractivity contribution is 7.11. The molecular weight excluding hydrogens is 291 g/mol. The summed E-state index contributed by atoms with van der Waals surface area (Å²) in [6.07, 6.45) is 1.59. The number of carboxylic acid groups (broad SMARTS) is 1. The van der Waals surface area contributed by atoms with E-state index in [1.165, 1.54) is 11.3 Å². The standard InChI is InChI=1S/C13H8Cl2O2S/c14-8-3-4-12(15)10(6-8)11(13(16)17)7-9-2-1-5-18-9/h1-7H,(H,16,17)/b11-7-. The molecule has 0 spiro atoms. The van der Waals surface area contributed by atoms with E-state index < -0.39 is 5.97 Å². The molecule has 1 heterocycles. The number of hydrogen-bond donors (Lipinski definition) is 1. The molecule has 0 saturated carbocycles. The van der Waals surface area contributed by atoms with Crippen LogP contribution in [0.2, 0.25) is 10.0 Å². The summed E-state index contributed by atoms with van der Waals surface area (Å²) in [7, 11) is 0. The molecule has 2 nitrogen and oxygen atoms in total. The zero-order valence-electron chi connectivity index (χ0n) is 9.06. The molecule has 0 aliphatic carbocycles. The van der Waals surface area contributed by atoms with E-state index in [-0.39, 0.29) is 5.57 Å². The average molecular weight is 299 g/mol. The van der Waals surface area contributed by atoms with Gasteiger partial charge in [-0.15, -0.1) is 11.3 Å². The van der Waals surface area contributed by atoms with Gasteiger partial charge in [-0.3, -0.25) is 0 Å². The third-order valence-electron chi connectivity index (χ3n) is 2.28. The molecule has 1 aromatic heterocycles. The van der Waals surface area contributed by atoms with E-state index in [4.69, 9.17) is 23.2 Å². The second-order valence-corrected chi connectivity index (χ2v) is 5.33. The van der Waals surface area contributed by atoms with Crippen LogP contribution in [0.3, 0.4) is 0 Å². The zero-order chi connectivity index (χ0) is 13.1. The molecular formula is C13H8Cl2O2S. The first-order valence-electron chi connectivity index (χ1n) is 5.02. The van der Waals surface area contributed by atoms with Crippen LogP contribution in [0.4, 0.5) is 0 Å². The average Bonchev–Trinajstić information content (AvgIpc) is 2.82. The van der Waals surface area contributed by atoms with Crippen LogP contribution in [0.5, 0.6) is 0 Å². The summed E-state index contributed by atoms with van der Waals surface area (Å²) in [5.41, 5.74) is 0.551. The number of halogens is 2. The fourth-order valence-corrected chi connectivity index (χ4v) is 2.52. The van der Waals surface area contributed by atoms with Gasteiger partial charge in [0.2, 0.25) is 0 Å². The van der Waals surface area contributed by atoms with Crippen LogP contribution in [0.1, 0.15) is 10.4 Å². The summed E-state index contributed by atoms with van der Waals surface area (Å²) in [5.74, 6) is -1.03. The summed E-state index contributed by atoms with van der Waals surface area (Å²) in [6.45, 7) is 0. The van der Waals surface area contributed by atoms with Crippen LogP contribution < -0.4 is 0 Å². The normalized spacial score (nSPS) is 11.6. The predicted octanol–water partition coefficient (Wildman–Crippen LogP) is 4.68. The van der Waals surface area contributed by atoms with Gasteiger partial charge in [0.15, 0.2) is 0 Å². The third-order valence-corrected chi connectivity index (χ3v) is 3.66. The molecule has 0 bridgehead atoms. The minimum Gasteiger partial charge on any atom is -0.478 e. The maximum Gasteiger partial charge on any atom is 0.336 e. The summed E-state index contributed by atoms with van der Waals surface area (Å²) in [5, 5.41) is 12.0. The van der Waals surface area contributed by atoms with E-state index in [1.807, 2.05) is 17.5 Å². The van der Waals surface area contributed by atoms with Gasteiger partial charge < -0.3 is 5.11 Å². The molecule has 0 aliphatic heterocycles. The van der Waals surface area contributed by atoms with Gasteiger partial charge in [-0.05, 0) is 35.7 Å². The van der Waals surface area contributed by atoms with E-state index in [0.717, 1.165) is 4.88 Å². The maximum atomic E-state index is 11.3. The SMILES string of the molecule is O=C(O)/C(=C\c1cccs1)c1cc(Cl)ccc1Cl.